The van der Waals surface area contributed by atoms with Crippen molar-refractivity contribution < 1.29 is 9.66 Å². The molecule has 0 fully saturated rings. The molecular formula is C13H15N3O3. The van der Waals surface area contributed by atoms with Crippen molar-refractivity contribution in [3.8, 4) is 5.75 Å². The molecule has 1 aromatic heterocycles. The number of hydrogen-bond acceptors (Lipinski definition) is 4. The smallest absolute Gasteiger partial charge is 0.273 e. The van der Waals surface area contributed by atoms with Gasteiger partial charge >= 0.3 is 0 Å². The van der Waals surface area contributed by atoms with Crippen molar-refractivity contribution >= 4 is 5.69 Å². The molecule has 100 valence electrons. The Morgan fingerprint density at radius 3 is 2.84 bits per heavy atom. The molecule has 2 N–H and O–H groups in total. The van der Waals surface area contributed by atoms with Crippen LogP contribution in [0.5, 0.6) is 5.75 Å². The Morgan fingerprint density at radius 2 is 2.21 bits per heavy atom. The summed E-state index contributed by atoms with van der Waals surface area (Å²) in [5, 5.41) is 10.9. The normalized spacial score (nSPS) is 10.4. The maximum Gasteiger partial charge on any atom is 0.273 e. The van der Waals surface area contributed by atoms with E-state index in [1.165, 1.54) is 13.2 Å². The molecule has 1 heterocycles. The highest BCUT2D eigenvalue weighted by atomic mass is 16.6. The Morgan fingerprint density at radius 1 is 1.42 bits per heavy atom. The van der Waals surface area contributed by atoms with E-state index in [4.69, 9.17) is 10.5 Å². The highest BCUT2D eigenvalue weighted by Crippen LogP contribution is 2.23. The van der Waals surface area contributed by atoms with Gasteiger partial charge in [0.1, 0.15) is 5.75 Å². The second-order valence-corrected chi connectivity index (χ2v) is 4.13. The summed E-state index contributed by atoms with van der Waals surface area (Å²) < 4.78 is 7.04. The number of rotatable bonds is 5. The van der Waals surface area contributed by atoms with Crippen LogP contribution in [0.2, 0.25) is 0 Å². The van der Waals surface area contributed by atoms with Gasteiger partial charge in [0, 0.05) is 31.0 Å². The van der Waals surface area contributed by atoms with Crippen molar-refractivity contribution in [3.63, 3.8) is 0 Å². The Kier molecular flexibility index (Phi) is 3.82. The minimum Gasteiger partial charge on any atom is -0.496 e. The standard InChI is InChI=1S/C13H15N3O3/c1-19-13-6-10(5-12(7-13)16(17)18)9-15-4-2-3-11(15)8-14/h2-7H,8-9,14H2,1H3. The number of nitro benzene ring substituents is 1. The third-order valence-electron chi connectivity index (χ3n) is 2.88. The molecule has 0 spiro atoms. The number of nitrogens with zero attached hydrogens (tertiary/aromatic N) is 2. The van der Waals surface area contributed by atoms with Crippen LogP contribution in [0.3, 0.4) is 0 Å². The van der Waals surface area contributed by atoms with E-state index in [9.17, 15) is 10.1 Å². The number of nitrogens with two attached hydrogens (primary N) is 1. The van der Waals surface area contributed by atoms with Crippen molar-refractivity contribution in [2.24, 2.45) is 5.73 Å². The molecule has 0 radical (unpaired) electrons. The van der Waals surface area contributed by atoms with E-state index in [1.807, 2.05) is 22.9 Å². The lowest BCUT2D eigenvalue weighted by Gasteiger charge is -2.09. The van der Waals surface area contributed by atoms with Crippen molar-refractivity contribution in [3.05, 3.63) is 57.9 Å². The van der Waals surface area contributed by atoms with Gasteiger partial charge in [-0.05, 0) is 23.8 Å². The lowest BCUT2D eigenvalue weighted by molar-refractivity contribution is -0.385. The van der Waals surface area contributed by atoms with E-state index in [1.54, 1.807) is 12.1 Å². The molecule has 0 amide bonds. The molecule has 0 bridgehead atoms. The molecule has 0 aliphatic carbocycles. The molecule has 0 unspecified atom stereocenters. The summed E-state index contributed by atoms with van der Waals surface area (Å²) >= 11 is 0. The molecule has 0 atom stereocenters. The fourth-order valence-electron chi connectivity index (χ4n) is 1.94. The first-order chi connectivity index (χ1) is 9.13. The van der Waals surface area contributed by atoms with Gasteiger partial charge < -0.3 is 15.0 Å². The molecule has 2 rings (SSSR count). The van der Waals surface area contributed by atoms with Gasteiger partial charge in [-0.1, -0.05) is 0 Å². The molecule has 6 nitrogen and oxygen atoms in total. The predicted octanol–water partition coefficient (Wildman–Crippen LogP) is 1.91. The van der Waals surface area contributed by atoms with Crippen LogP contribution in [0, 0.1) is 10.1 Å². The number of hydrogen-bond donors (Lipinski definition) is 1. The van der Waals surface area contributed by atoms with Gasteiger partial charge in [0.15, 0.2) is 0 Å². The summed E-state index contributed by atoms with van der Waals surface area (Å²) in [5.41, 5.74) is 7.43. The van der Waals surface area contributed by atoms with Crippen molar-refractivity contribution in [1.82, 2.24) is 4.57 Å². The molecule has 2 aromatic rings. The van der Waals surface area contributed by atoms with Crippen LogP contribution >= 0.6 is 0 Å². The summed E-state index contributed by atoms with van der Waals surface area (Å²) in [6.07, 6.45) is 1.90. The van der Waals surface area contributed by atoms with E-state index < -0.39 is 4.92 Å². The fourth-order valence-corrected chi connectivity index (χ4v) is 1.94. The Labute approximate surface area is 110 Å². The molecule has 19 heavy (non-hydrogen) atoms. The van der Waals surface area contributed by atoms with E-state index in [2.05, 4.69) is 0 Å². The van der Waals surface area contributed by atoms with Crippen molar-refractivity contribution in [2.75, 3.05) is 7.11 Å². The highest BCUT2D eigenvalue weighted by molar-refractivity contribution is 5.43. The Balaban J connectivity index is 2.34. The first-order valence-corrected chi connectivity index (χ1v) is 5.80. The molecular weight excluding hydrogens is 246 g/mol. The minimum absolute atomic E-state index is 0.0239. The molecule has 6 heteroatoms. The zero-order valence-electron chi connectivity index (χ0n) is 10.6. The number of methoxy groups -OCH3 is 1. The van der Waals surface area contributed by atoms with Crippen molar-refractivity contribution in [1.29, 1.82) is 0 Å². The van der Waals surface area contributed by atoms with Gasteiger partial charge in [-0.15, -0.1) is 0 Å². The Bertz CT molecular complexity index is 593. The first-order valence-electron chi connectivity index (χ1n) is 5.80. The summed E-state index contributed by atoms with van der Waals surface area (Å²) in [6, 6.07) is 8.56. The average molecular weight is 261 g/mol. The summed E-state index contributed by atoms with van der Waals surface area (Å²) in [6.45, 7) is 0.955. The predicted molar refractivity (Wildman–Crippen MR) is 71.1 cm³/mol. The molecule has 0 saturated heterocycles. The number of nitro groups is 1. The van der Waals surface area contributed by atoms with Crippen LogP contribution in [0.15, 0.2) is 36.5 Å². The Hall–Kier alpha value is -2.34. The minimum atomic E-state index is -0.425. The molecule has 0 aliphatic rings. The highest BCUT2D eigenvalue weighted by Gasteiger charge is 2.11. The zero-order chi connectivity index (χ0) is 13.8. The third kappa shape index (κ3) is 2.92. The molecule has 1 aromatic carbocycles. The van der Waals surface area contributed by atoms with Gasteiger partial charge in [0.2, 0.25) is 0 Å². The zero-order valence-corrected chi connectivity index (χ0v) is 10.6. The lowest BCUT2D eigenvalue weighted by Crippen LogP contribution is -2.07. The average Bonchev–Trinajstić information content (AvgIpc) is 2.85. The largest absolute Gasteiger partial charge is 0.496 e. The summed E-state index contributed by atoms with van der Waals surface area (Å²) in [4.78, 5) is 10.4. The maximum absolute atomic E-state index is 10.9. The molecule has 0 saturated carbocycles. The quantitative estimate of drug-likeness (QED) is 0.658. The second kappa shape index (κ2) is 5.53. The second-order valence-electron chi connectivity index (χ2n) is 4.13. The summed E-state index contributed by atoms with van der Waals surface area (Å²) in [5.74, 6) is 0.477. The van der Waals surface area contributed by atoms with E-state index in [0.717, 1.165) is 11.3 Å². The van der Waals surface area contributed by atoms with Crippen LogP contribution in [-0.4, -0.2) is 16.6 Å². The number of aromatic nitrogens is 1. The van der Waals surface area contributed by atoms with Gasteiger partial charge in [-0.2, -0.15) is 0 Å². The third-order valence-corrected chi connectivity index (χ3v) is 2.88. The maximum atomic E-state index is 10.9. The monoisotopic (exact) mass is 261 g/mol. The van der Waals surface area contributed by atoms with Gasteiger partial charge in [-0.3, -0.25) is 10.1 Å². The summed E-state index contributed by atoms with van der Waals surface area (Å²) in [7, 11) is 1.49. The topological polar surface area (TPSA) is 83.3 Å². The van der Waals surface area contributed by atoms with Crippen LogP contribution in [0.4, 0.5) is 5.69 Å². The van der Waals surface area contributed by atoms with Crippen LogP contribution in [-0.2, 0) is 13.1 Å². The first kappa shape index (κ1) is 13.1. The number of benzene rings is 1. The lowest BCUT2D eigenvalue weighted by atomic mass is 10.2. The molecule has 0 aliphatic heterocycles. The van der Waals surface area contributed by atoms with Crippen LogP contribution in [0.25, 0.3) is 0 Å². The fraction of sp³-hybridized carbons (Fsp3) is 0.231. The van der Waals surface area contributed by atoms with E-state index >= 15 is 0 Å². The number of ether oxygens (including phenoxy) is 1. The number of non-ortho nitro benzene ring substituents is 1. The van der Waals surface area contributed by atoms with Gasteiger partial charge in [-0.25, -0.2) is 0 Å². The SMILES string of the molecule is COc1cc(Cn2cccc2CN)cc([N+](=O)[O-])c1. The van der Waals surface area contributed by atoms with E-state index in [0.29, 0.717) is 18.8 Å². The van der Waals surface area contributed by atoms with E-state index in [-0.39, 0.29) is 5.69 Å². The van der Waals surface area contributed by atoms with Gasteiger partial charge in [0.05, 0.1) is 18.1 Å². The van der Waals surface area contributed by atoms with Crippen LogP contribution < -0.4 is 10.5 Å². The van der Waals surface area contributed by atoms with Crippen molar-refractivity contribution in [2.45, 2.75) is 13.1 Å². The van der Waals surface area contributed by atoms with Crippen LogP contribution in [0.1, 0.15) is 11.3 Å². The van der Waals surface area contributed by atoms with Gasteiger partial charge in [0.25, 0.3) is 5.69 Å².